The molecule has 0 saturated heterocycles. The molecule has 0 heterocycles. The number of hydrogen-bond acceptors (Lipinski definition) is 2. The molecule has 0 aliphatic carbocycles. The van der Waals surface area contributed by atoms with Crippen molar-refractivity contribution < 1.29 is 9.84 Å². The van der Waals surface area contributed by atoms with E-state index in [1.54, 1.807) is 20.1 Å². The highest BCUT2D eigenvalue weighted by Crippen LogP contribution is 2.01. The second-order valence-electron chi connectivity index (χ2n) is 2.09. The number of rotatable bonds is 4. The fourth-order valence-corrected chi connectivity index (χ4v) is 0.625. The molecular weight excluding hydrogens is 116 g/mol. The SMILES string of the molecule is C=CC(CC(C)O)OC. The van der Waals surface area contributed by atoms with Crippen LogP contribution < -0.4 is 0 Å². The van der Waals surface area contributed by atoms with Gasteiger partial charge in [0.2, 0.25) is 0 Å². The van der Waals surface area contributed by atoms with Crippen LogP contribution in [0.25, 0.3) is 0 Å². The highest BCUT2D eigenvalue weighted by Gasteiger charge is 2.04. The van der Waals surface area contributed by atoms with E-state index in [0.717, 1.165) is 0 Å². The Morgan fingerprint density at radius 2 is 2.33 bits per heavy atom. The second-order valence-corrected chi connectivity index (χ2v) is 2.09. The molecule has 2 nitrogen and oxygen atoms in total. The number of ether oxygens (including phenoxy) is 1. The first-order valence-corrected chi connectivity index (χ1v) is 3.04. The van der Waals surface area contributed by atoms with Gasteiger partial charge in [0.15, 0.2) is 0 Å². The Morgan fingerprint density at radius 1 is 1.78 bits per heavy atom. The van der Waals surface area contributed by atoms with Gasteiger partial charge >= 0.3 is 0 Å². The summed E-state index contributed by atoms with van der Waals surface area (Å²) >= 11 is 0. The molecule has 2 unspecified atom stereocenters. The molecule has 2 atom stereocenters. The topological polar surface area (TPSA) is 29.5 Å². The first-order valence-electron chi connectivity index (χ1n) is 3.04. The second kappa shape index (κ2) is 4.53. The van der Waals surface area contributed by atoms with Gasteiger partial charge < -0.3 is 9.84 Å². The zero-order chi connectivity index (χ0) is 7.28. The maximum absolute atomic E-state index is 8.86. The van der Waals surface area contributed by atoms with Gasteiger partial charge in [0.05, 0.1) is 12.2 Å². The van der Waals surface area contributed by atoms with E-state index in [0.29, 0.717) is 6.42 Å². The molecule has 0 radical (unpaired) electrons. The third-order valence-electron chi connectivity index (χ3n) is 1.14. The average Bonchev–Trinajstić information content (AvgIpc) is 1.82. The van der Waals surface area contributed by atoms with Gasteiger partial charge in [-0.15, -0.1) is 6.58 Å². The Hall–Kier alpha value is -0.340. The van der Waals surface area contributed by atoms with E-state index in [4.69, 9.17) is 9.84 Å². The van der Waals surface area contributed by atoms with Gasteiger partial charge in [0.1, 0.15) is 0 Å². The third kappa shape index (κ3) is 4.18. The summed E-state index contributed by atoms with van der Waals surface area (Å²) in [6, 6.07) is 0. The van der Waals surface area contributed by atoms with E-state index in [9.17, 15) is 0 Å². The van der Waals surface area contributed by atoms with Gasteiger partial charge in [0.25, 0.3) is 0 Å². The van der Waals surface area contributed by atoms with Crippen LogP contribution in [-0.2, 0) is 4.74 Å². The van der Waals surface area contributed by atoms with Gasteiger partial charge in [0, 0.05) is 13.5 Å². The van der Waals surface area contributed by atoms with Crippen LogP contribution >= 0.6 is 0 Å². The van der Waals surface area contributed by atoms with Gasteiger partial charge in [-0.2, -0.15) is 0 Å². The van der Waals surface area contributed by atoms with E-state index < -0.39 is 0 Å². The highest BCUT2D eigenvalue weighted by atomic mass is 16.5. The minimum absolute atomic E-state index is 0.00926. The van der Waals surface area contributed by atoms with Crippen molar-refractivity contribution in [3.63, 3.8) is 0 Å². The van der Waals surface area contributed by atoms with E-state index in [2.05, 4.69) is 6.58 Å². The summed E-state index contributed by atoms with van der Waals surface area (Å²) in [5.74, 6) is 0. The molecule has 0 saturated carbocycles. The fraction of sp³-hybridized carbons (Fsp3) is 0.714. The van der Waals surface area contributed by atoms with Gasteiger partial charge in [-0.05, 0) is 6.92 Å². The minimum Gasteiger partial charge on any atom is -0.393 e. The largest absolute Gasteiger partial charge is 0.393 e. The number of hydrogen-bond donors (Lipinski definition) is 1. The van der Waals surface area contributed by atoms with Crippen LogP contribution in [0, 0.1) is 0 Å². The zero-order valence-corrected chi connectivity index (χ0v) is 6.00. The summed E-state index contributed by atoms with van der Waals surface area (Å²) in [6.07, 6.45) is 1.99. The molecule has 0 amide bonds. The van der Waals surface area contributed by atoms with Crippen LogP contribution in [0.3, 0.4) is 0 Å². The minimum atomic E-state index is -0.312. The molecule has 54 valence electrons. The summed E-state index contributed by atoms with van der Waals surface area (Å²) in [6.45, 7) is 5.28. The van der Waals surface area contributed by atoms with E-state index >= 15 is 0 Å². The summed E-state index contributed by atoms with van der Waals surface area (Å²) in [4.78, 5) is 0. The number of aliphatic hydroxyl groups is 1. The Morgan fingerprint density at radius 3 is 2.44 bits per heavy atom. The van der Waals surface area contributed by atoms with E-state index in [-0.39, 0.29) is 12.2 Å². The highest BCUT2D eigenvalue weighted by molar-refractivity contribution is 4.80. The smallest absolute Gasteiger partial charge is 0.0773 e. The van der Waals surface area contributed by atoms with Gasteiger partial charge in [-0.25, -0.2) is 0 Å². The van der Waals surface area contributed by atoms with Crippen LogP contribution in [0.1, 0.15) is 13.3 Å². The number of methoxy groups -OCH3 is 1. The fourth-order valence-electron chi connectivity index (χ4n) is 0.625. The Balaban J connectivity index is 3.42. The predicted molar refractivity (Wildman–Crippen MR) is 37.3 cm³/mol. The zero-order valence-electron chi connectivity index (χ0n) is 6.00. The lowest BCUT2D eigenvalue weighted by Gasteiger charge is -2.11. The Kier molecular flexibility index (Phi) is 4.36. The molecule has 9 heavy (non-hydrogen) atoms. The normalized spacial score (nSPS) is 16.8. The number of aliphatic hydroxyl groups excluding tert-OH is 1. The molecule has 0 spiro atoms. The average molecular weight is 130 g/mol. The van der Waals surface area contributed by atoms with Crippen LogP contribution in [0.15, 0.2) is 12.7 Å². The van der Waals surface area contributed by atoms with Crippen molar-refractivity contribution in [3.05, 3.63) is 12.7 Å². The summed E-state index contributed by atoms with van der Waals surface area (Å²) in [5, 5.41) is 8.86. The van der Waals surface area contributed by atoms with Gasteiger partial charge in [-0.1, -0.05) is 6.08 Å². The summed E-state index contributed by atoms with van der Waals surface area (Å²) in [5.41, 5.74) is 0. The molecule has 0 aromatic heterocycles. The molecule has 2 heteroatoms. The van der Waals surface area contributed by atoms with Crippen molar-refractivity contribution in [1.29, 1.82) is 0 Å². The quantitative estimate of drug-likeness (QED) is 0.574. The molecule has 0 fully saturated rings. The molecular formula is C7H14O2. The molecule has 0 aliphatic rings. The Labute approximate surface area is 56.1 Å². The predicted octanol–water partition coefficient (Wildman–Crippen LogP) is 0.958. The van der Waals surface area contributed by atoms with Crippen molar-refractivity contribution >= 4 is 0 Å². The first kappa shape index (κ1) is 8.66. The molecule has 0 rings (SSSR count). The van der Waals surface area contributed by atoms with Crippen molar-refractivity contribution in [1.82, 2.24) is 0 Å². The Bertz CT molecular complexity index is 79.0. The summed E-state index contributed by atoms with van der Waals surface area (Å²) < 4.78 is 4.93. The molecule has 0 aliphatic heterocycles. The molecule has 1 N–H and O–H groups in total. The third-order valence-corrected chi connectivity index (χ3v) is 1.14. The van der Waals surface area contributed by atoms with Crippen molar-refractivity contribution in [2.75, 3.05) is 7.11 Å². The lowest BCUT2D eigenvalue weighted by Crippen LogP contribution is -2.14. The van der Waals surface area contributed by atoms with Crippen molar-refractivity contribution in [2.24, 2.45) is 0 Å². The monoisotopic (exact) mass is 130 g/mol. The lowest BCUT2D eigenvalue weighted by molar-refractivity contribution is 0.0803. The van der Waals surface area contributed by atoms with Crippen molar-refractivity contribution in [2.45, 2.75) is 25.6 Å². The maximum atomic E-state index is 8.86. The van der Waals surface area contributed by atoms with Crippen LogP contribution in [0.2, 0.25) is 0 Å². The van der Waals surface area contributed by atoms with Crippen molar-refractivity contribution in [3.8, 4) is 0 Å². The van der Waals surface area contributed by atoms with Crippen LogP contribution in [-0.4, -0.2) is 24.4 Å². The van der Waals surface area contributed by atoms with E-state index in [1.165, 1.54) is 0 Å². The summed E-state index contributed by atoms with van der Waals surface area (Å²) in [7, 11) is 1.61. The maximum Gasteiger partial charge on any atom is 0.0773 e. The lowest BCUT2D eigenvalue weighted by atomic mass is 10.2. The van der Waals surface area contributed by atoms with Crippen LogP contribution in [0.4, 0.5) is 0 Å². The van der Waals surface area contributed by atoms with Gasteiger partial charge in [-0.3, -0.25) is 0 Å². The molecule has 0 aromatic rings. The standard InChI is InChI=1S/C7H14O2/c1-4-7(9-3)5-6(2)8/h4,6-8H,1,5H2,2-3H3. The van der Waals surface area contributed by atoms with Crippen LogP contribution in [0.5, 0.6) is 0 Å². The van der Waals surface area contributed by atoms with E-state index in [1.807, 2.05) is 0 Å². The molecule has 0 bridgehead atoms. The first-order chi connectivity index (χ1) is 4.20. The molecule has 0 aromatic carbocycles.